The molecule has 60 valence electrons. The first-order valence-corrected chi connectivity index (χ1v) is 4.94. The molecule has 0 spiro atoms. The average Bonchev–Trinajstić information content (AvgIpc) is 2.03. The quantitative estimate of drug-likeness (QED) is 0.702. The third-order valence-corrected chi connectivity index (χ3v) is 2.04. The third-order valence-electron chi connectivity index (χ3n) is 1.72. The van der Waals surface area contributed by atoms with Crippen LogP contribution in [0.1, 0.15) is 12.8 Å². The van der Waals surface area contributed by atoms with Crippen LogP contribution >= 0.6 is 15.9 Å². The van der Waals surface area contributed by atoms with Crippen LogP contribution in [0, 0.1) is 0 Å². The Kier molecular flexibility index (Phi) is 4.34. The summed E-state index contributed by atoms with van der Waals surface area (Å²) in [4.78, 5) is 0. The minimum atomic E-state index is 0.513. The predicted molar refractivity (Wildman–Crippen MR) is 45.6 cm³/mol. The third kappa shape index (κ3) is 2.99. The Morgan fingerprint density at radius 3 is 2.70 bits per heavy atom. The first-order valence-electron chi connectivity index (χ1n) is 3.82. The largest absolute Gasteiger partial charge is 0.377 e. The standard InChI is InChI=1S/C7H14BrNO/c8-3-6-10-7-1-4-9-5-2-7/h7,9H,1-6H2. The highest BCUT2D eigenvalue weighted by Crippen LogP contribution is 2.06. The van der Waals surface area contributed by atoms with Crippen LogP contribution in [0.4, 0.5) is 0 Å². The van der Waals surface area contributed by atoms with Crippen molar-refractivity contribution in [3.05, 3.63) is 0 Å². The second-order valence-corrected chi connectivity index (χ2v) is 3.30. The van der Waals surface area contributed by atoms with Crippen LogP contribution in [0.15, 0.2) is 0 Å². The molecule has 0 radical (unpaired) electrons. The number of alkyl halides is 1. The maximum Gasteiger partial charge on any atom is 0.0599 e. The molecule has 1 N–H and O–H groups in total. The smallest absolute Gasteiger partial charge is 0.0599 e. The highest BCUT2D eigenvalue weighted by atomic mass is 79.9. The van der Waals surface area contributed by atoms with Crippen molar-refractivity contribution in [1.29, 1.82) is 0 Å². The zero-order valence-electron chi connectivity index (χ0n) is 6.11. The molecule has 1 saturated heterocycles. The highest BCUT2D eigenvalue weighted by Gasteiger charge is 2.11. The van der Waals surface area contributed by atoms with Gasteiger partial charge in [-0.25, -0.2) is 0 Å². The van der Waals surface area contributed by atoms with Gasteiger partial charge in [0.2, 0.25) is 0 Å². The van der Waals surface area contributed by atoms with Crippen LogP contribution < -0.4 is 5.32 Å². The van der Waals surface area contributed by atoms with Gasteiger partial charge < -0.3 is 10.1 Å². The molecule has 10 heavy (non-hydrogen) atoms. The summed E-state index contributed by atoms with van der Waals surface area (Å²) in [5, 5.41) is 4.25. The molecule has 0 aromatic rings. The lowest BCUT2D eigenvalue weighted by molar-refractivity contribution is 0.0437. The summed E-state index contributed by atoms with van der Waals surface area (Å²) in [5.41, 5.74) is 0. The van der Waals surface area contributed by atoms with E-state index >= 15 is 0 Å². The molecule has 1 heterocycles. The van der Waals surface area contributed by atoms with Crippen molar-refractivity contribution in [3.63, 3.8) is 0 Å². The second-order valence-electron chi connectivity index (χ2n) is 2.51. The number of halogens is 1. The van der Waals surface area contributed by atoms with E-state index in [9.17, 15) is 0 Å². The molecule has 1 rings (SSSR count). The van der Waals surface area contributed by atoms with E-state index < -0.39 is 0 Å². The van der Waals surface area contributed by atoms with Gasteiger partial charge in [-0.3, -0.25) is 0 Å². The Bertz CT molecular complexity index is 83.7. The summed E-state index contributed by atoms with van der Waals surface area (Å²) in [6.45, 7) is 3.09. The molecule has 1 aliphatic heterocycles. The monoisotopic (exact) mass is 207 g/mol. The fraction of sp³-hybridized carbons (Fsp3) is 1.00. The zero-order valence-corrected chi connectivity index (χ0v) is 7.69. The van der Waals surface area contributed by atoms with Gasteiger partial charge >= 0.3 is 0 Å². The molecule has 1 fully saturated rings. The van der Waals surface area contributed by atoms with Crippen molar-refractivity contribution < 1.29 is 4.74 Å². The average molecular weight is 208 g/mol. The van der Waals surface area contributed by atoms with E-state index in [1.807, 2.05) is 0 Å². The topological polar surface area (TPSA) is 21.3 Å². The molecule has 0 saturated carbocycles. The van der Waals surface area contributed by atoms with Gasteiger partial charge in [0.15, 0.2) is 0 Å². The molecule has 1 aliphatic rings. The highest BCUT2D eigenvalue weighted by molar-refractivity contribution is 9.09. The Labute approximate surface area is 70.5 Å². The van der Waals surface area contributed by atoms with Crippen LogP contribution in [0.3, 0.4) is 0 Å². The van der Waals surface area contributed by atoms with Gasteiger partial charge in [-0.15, -0.1) is 0 Å². The molecule has 0 unspecified atom stereocenters. The molecule has 0 aromatic carbocycles. The second kappa shape index (κ2) is 5.10. The normalized spacial score (nSPS) is 21.3. The SMILES string of the molecule is BrCCOC1CCNCC1. The number of hydrogen-bond donors (Lipinski definition) is 1. The van der Waals surface area contributed by atoms with Gasteiger partial charge in [0.1, 0.15) is 0 Å². The van der Waals surface area contributed by atoms with Gasteiger partial charge in [-0.2, -0.15) is 0 Å². The van der Waals surface area contributed by atoms with Gasteiger partial charge in [0.05, 0.1) is 12.7 Å². The molecular formula is C7H14BrNO. The Balaban J connectivity index is 2.02. The van der Waals surface area contributed by atoms with E-state index in [-0.39, 0.29) is 0 Å². The minimum absolute atomic E-state index is 0.513. The minimum Gasteiger partial charge on any atom is -0.377 e. The zero-order chi connectivity index (χ0) is 7.23. The van der Waals surface area contributed by atoms with Crippen molar-refractivity contribution in [2.45, 2.75) is 18.9 Å². The van der Waals surface area contributed by atoms with E-state index in [0.29, 0.717) is 6.10 Å². The van der Waals surface area contributed by atoms with Gasteiger partial charge in [-0.1, -0.05) is 15.9 Å². The molecule has 0 aromatic heterocycles. The molecule has 3 heteroatoms. The Hall–Kier alpha value is 0.400. The molecule has 0 atom stereocenters. The summed E-state index contributed by atoms with van der Waals surface area (Å²) >= 11 is 3.34. The van der Waals surface area contributed by atoms with Crippen molar-refractivity contribution in [1.82, 2.24) is 5.32 Å². The summed E-state index contributed by atoms with van der Waals surface area (Å²) < 4.78 is 5.55. The lowest BCUT2D eigenvalue weighted by atomic mass is 10.1. The predicted octanol–water partition coefficient (Wildman–Crippen LogP) is 1.15. The number of piperidine rings is 1. The fourth-order valence-corrected chi connectivity index (χ4v) is 1.36. The van der Waals surface area contributed by atoms with E-state index in [1.165, 1.54) is 12.8 Å². The van der Waals surface area contributed by atoms with Crippen LogP contribution in [-0.2, 0) is 4.74 Å². The lowest BCUT2D eigenvalue weighted by Gasteiger charge is -2.22. The van der Waals surface area contributed by atoms with Crippen molar-refractivity contribution in [2.75, 3.05) is 25.0 Å². The Morgan fingerprint density at radius 1 is 1.40 bits per heavy atom. The summed E-state index contributed by atoms with van der Waals surface area (Å²) in [6, 6.07) is 0. The van der Waals surface area contributed by atoms with E-state index in [2.05, 4.69) is 21.2 Å². The van der Waals surface area contributed by atoms with Crippen molar-refractivity contribution >= 4 is 15.9 Å². The molecule has 0 amide bonds. The molecule has 0 bridgehead atoms. The number of nitrogens with one attached hydrogen (secondary N) is 1. The van der Waals surface area contributed by atoms with Crippen molar-refractivity contribution in [2.24, 2.45) is 0 Å². The molecular weight excluding hydrogens is 194 g/mol. The molecule has 2 nitrogen and oxygen atoms in total. The van der Waals surface area contributed by atoms with E-state index in [0.717, 1.165) is 25.0 Å². The van der Waals surface area contributed by atoms with E-state index in [4.69, 9.17) is 4.74 Å². The van der Waals surface area contributed by atoms with Crippen LogP contribution in [0.5, 0.6) is 0 Å². The maximum absolute atomic E-state index is 5.55. The van der Waals surface area contributed by atoms with Gasteiger partial charge in [0, 0.05) is 5.33 Å². The van der Waals surface area contributed by atoms with Crippen molar-refractivity contribution in [3.8, 4) is 0 Å². The van der Waals surface area contributed by atoms with E-state index in [1.54, 1.807) is 0 Å². The number of rotatable bonds is 3. The summed E-state index contributed by atoms with van der Waals surface area (Å²) in [6.07, 6.45) is 2.86. The van der Waals surface area contributed by atoms with Gasteiger partial charge in [-0.05, 0) is 25.9 Å². The lowest BCUT2D eigenvalue weighted by Crippen LogP contribution is -2.32. The fourth-order valence-electron chi connectivity index (χ4n) is 1.17. The number of ether oxygens (including phenoxy) is 1. The van der Waals surface area contributed by atoms with Gasteiger partial charge in [0.25, 0.3) is 0 Å². The first kappa shape index (κ1) is 8.50. The Morgan fingerprint density at radius 2 is 2.10 bits per heavy atom. The maximum atomic E-state index is 5.55. The molecule has 0 aliphatic carbocycles. The number of hydrogen-bond acceptors (Lipinski definition) is 2. The van der Waals surface area contributed by atoms with Crippen LogP contribution in [-0.4, -0.2) is 31.1 Å². The first-order chi connectivity index (χ1) is 4.93. The summed E-state index contributed by atoms with van der Waals surface area (Å²) in [7, 11) is 0. The summed E-state index contributed by atoms with van der Waals surface area (Å²) in [5.74, 6) is 0. The van der Waals surface area contributed by atoms with Crippen LogP contribution in [0.25, 0.3) is 0 Å². The van der Waals surface area contributed by atoms with Crippen LogP contribution in [0.2, 0.25) is 0 Å².